The van der Waals surface area contributed by atoms with Gasteiger partial charge in [-0.15, -0.1) is 0 Å². The molecule has 0 fully saturated rings. The molecule has 0 aliphatic heterocycles. The number of hydrogen-bond acceptors (Lipinski definition) is 3. The lowest BCUT2D eigenvalue weighted by Crippen LogP contribution is -2.22. The van der Waals surface area contributed by atoms with E-state index in [2.05, 4.69) is 0 Å². The zero-order valence-electron chi connectivity index (χ0n) is 10.8. The Morgan fingerprint density at radius 3 is 2.39 bits per heavy atom. The van der Waals surface area contributed by atoms with Crippen molar-refractivity contribution in [1.29, 1.82) is 0 Å². The van der Waals surface area contributed by atoms with Crippen LogP contribution >= 0.6 is 0 Å². The molecule has 0 amide bonds. The molecule has 0 radical (unpaired) electrons. The maximum atomic E-state index is 12.0. The zero-order valence-corrected chi connectivity index (χ0v) is 11.6. The van der Waals surface area contributed by atoms with Gasteiger partial charge in [0.2, 0.25) is 0 Å². The maximum Gasteiger partial charge on any atom is 0.304 e. The number of carbonyl (C=O) groups is 1. The smallest absolute Gasteiger partial charge is 0.304 e. The third kappa shape index (κ3) is 3.84. The third-order valence-corrected chi connectivity index (χ3v) is 5.14. The lowest BCUT2D eigenvalue weighted by atomic mass is 10.1. The standard InChI is InChI=1S/C13H18O4S/c1-9-4-5-12(6-10(9)2)8-18(16,17)11(3)7-13(14)15/h4-6,11H,7-8H2,1-3H3,(H,14,15). The molecule has 1 aromatic carbocycles. The lowest BCUT2D eigenvalue weighted by molar-refractivity contribution is -0.136. The number of hydrogen-bond donors (Lipinski definition) is 1. The molecule has 18 heavy (non-hydrogen) atoms. The third-order valence-electron chi connectivity index (χ3n) is 3.01. The Balaban J connectivity index is 2.88. The van der Waals surface area contributed by atoms with Crippen LogP contribution in [0.1, 0.15) is 30.0 Å². The van der Waals surface area contributed by atoms with Crippen LogP contribution in [0.4, 0.5) is 0 Å². The summed E-state index contributed by atoms with van der Waals surface area (Å²) in [5.41, 5.74) is 2.85. The number of benzene rings is 1. The molecule has 0 aliphatic carbocycles. The van der Waals surface area contributed by atoms with E-state index >= 15 is 0 Å². The molecular weight excluding hydrogens is 252 g/mol. The molecule has 0 spiro atoms. The SMILES string of the molecule is Cc1ccc(CS(=O)(=O)C(C)CC(=O)O)cc1C. The first kappa shape index (κ1) is 14.7. The number of rotatable bonds is 5. The second-order valence-corrected chi connectivity index (χ2v) is 7.05. The normalized spacial score (nSPS) is 13.3. The van der Waals surface area contributed by atoms with Crippen molar-refractivity contribution in [2.75, 3.05) is 0 Å². The molecule has 100 valence electrons. The first-order valence-corrected chi connectivity index (χ1v) is 7.43. The van der Waals surface area contributed by atoms with Crippen LogP contribution < -0.4 is 0 Å². The molecule has 0 heterocycles. The fourth-order valence-electron chi connectivity index (χ4n) is 1.64. The van der Waals surface area contributed by atoms with E-state index in [9.17, 15) is 13.2 Å². The molecule has 1 N–H and O–H groups in total. The van der Waals surface area contributed by atoms with Crippen LogP contribution in [0, 0.1) is 13.8 Å². The van der Waals surface area contributed by atoms with E-state index in [-0.39, 0.29) is 12.2 Å². The fourth-order valence-corrected chi connectivity index (χ4v) is 2.97. The van der Waals surface area contributed by atoms with Gasteiger partial charge in [-0.2, -0.15) is 0 Å². The van der Waals surface area contributed by atoms with Crippen molar-refractivity contribution in [2.24, 2.45) is 0 Å². The average molecular weight is 270 g/mol. The number of sulfone groups is 1. The van der Waals surface area contributed by atoms with Crippen molar-refractivity contribution >= 4 is 15.8 Å². The van der Waals surface area contributed by atoms with Gasteiger partial charge in [-0.05, 0) is 37.5 Å². The van der Waals surface area contributed by atoms with Crippen LogP contribution in [0.25, 0.3) is 0 Å². The second-order valence-electron chi connectivity index (χ2n) is 4.63. The molecule has 1 atom stereocenters. The summed E-state index contributed by atoms with van der Waals surface area (Å²) in [7, 11) is -3.42. The quantitative estimate of drug-likeness (QED) is 0.889. The molecule has 1 aromatic rings. The number of aryl methyl sites for hydroxylation is 2. The Labute approximate surface area is 108 Å². The number of carboxylic acids is 1. The van der Waals surface area contributed by atoms with Crippen molar-refractivity contribution < 1.29 is 18.3 Å². The van der Waals surface area contributed by atoms with Crippen molar-refractivity contribution in [3.63, 3.8) is 0 Å². The number of aliphatic carboxylic acids is 1. The maximum absolute atomic E-state index is 12.0. The molecule has 0 aromatic heterocycles. The summed E-state index contributed by atoms with van der Waals surface area (Å²) < 4.78 is 23.9. The van der Waals surface area contributed by atoms with Gasteiger partial charge in [0.25, 0.3) is 0 Å². The monoisotopic (exact) mass is 270 g/mol. The van der Waals surface area contributed by atoms with Gasteiger partial charge in [-0.3, -0.25) is 4.79 Å². The summed E-state index contributed by atoms with van der Waals surface area (Å²) in [5.74, 6) is -1.20. The van der Waals surface area contributed by atoms with E-state index in [0.29, 0.717) is 5.56 Å². The van der Waals surface area contributed by atoms with Crippen molar-refractivity contribution in [3.8, 4) is 0 Å². The van der Waals surface area contributed by atoms with E-state index in [1.165, 1.54) is 6.92 Å². The predicted molar refractivity (Wildman–Crippen MR) is 70.3 cm³/mol. The van der Waals surface area contributed by atoms with E-state index in [0.717, 1.165) is 11.1 Å². The Hall–Kier alpha value is -1.36. The largest absolute Gasteiger partial charge is 0.481 e. The molecule has 4 nitrogen and oxygen atoms in total. The summed E-state index contributed by atoms with van der Waals surface area (Å²) in [6, 6.07) is 5.48. The summed E-state index contributed by atoms with van der Waals surface area (Å²) in [6.07, 6.45) is -0.354. The highest BCUT2D eigenvalue weighted by atomic mass is 32.2. The minimum Gasteiger partial charge on any atom is -0.481 e. The van der Waals surface area contributed by atoms with E-state index in [4.69, 9.17) is 5.11 Å². The molecule has 0 saturated heterocycles. The second kappa shape index (κ2) is 5.52. The highest BCUT2D eigenvalue weighted by Gasteiger charge is 2.23. The van der Waals surface area contributed by atoms with Crippen molar-refractivity contribution in [3.05, 3.63) is 34.9 Å². The van der Waals surface area contributed by atoms with Crippen LogP contribution in [0.15, 0.2) is 18.2 Å². The van der Waals surface area contributed by atoms with Crippen molar-refractivity contribution in [2.45, 2.75) is 38.2 Å². The molecular formula is C13H18O4S. The summed E-state index contributed by atoms with van der Waals surface area (Å²) in [6.45, 7) is 5.32. The van der Waals surface area contributed by atoms with Gasteiger partial charge in [-0.25, -0.2) is 8.42 Å². The molecule has 1 rings (SSSR count). The first-order chi connectivity index (χ1) is 8.22. The van der Waals surface area contributed by atoms with Crippen LogP contribution in [-0.4, -0.2) is 24.7 Å². The summed E-state index contributed by atoms with van der Waals surface area (Å²) >= 11 is 0. The topological polar surface area (TPSA) is 71.4 Å². The lowest BCUT2D eigenvalue weighted by Gasteiger charge is -2.11. The highest BCUT2D eigenvalue weighted by Crippen LogP contribution is 2.16. The van der Waals surface area contributed by atoms with Gasteiger partial charge < -0.3 is 5.11 Å². The molecule has 0 aliphatic rings. The molecule has 0 saturated carbocycles. The van der Waals surface area contributed by atoms with Crippen LogP contribution in [0.3, 0.4) is 0 Å². The predicted octanol–water partition coefficient (Wildman–Crippen LogP) is 2.08. The van der Waals surface area contributed by atoms with Gasteiger partial charge in [0.15, 0.2) is 9.84 Å². The van der Waals surface area contributed by atoms with Crippen LogP contribution in [0.5, 0.6) is 0 Å². The Morgan fingerprint density at radius 1 is 1.28 bits per heavy atom. The van der Waals surface area contributed by atoms with E-state index in [1.54, 1.807) is 6.07 Å². The molecule has 1 unspecified atom stereocenters. The molecule has 0 bridgehead atoms. The molecule has 5 heteroatoms. The van der Waals surface area contributed by atoms with Gasteiger partial charge in [0.1, 0.15) is 0 Å². The van der Waals surface area contributed by atoms with Crippen LogP contribution in [0.2, 0.25) is 0 Å². The van der Waals surface area contributed by atoms with Crippen LogP contribution in [-0.2, 0) is 20.4 Å². The van der Waals surface area contributed by atoms with Gasteiger partial charge in [-0.1, -0.05) is 18.2 Å². The van der Waals surface area contributed by atoms with Gasteiger partial charge in [0.05, 0.1) is 17.4 Å². The summed E-state index contributed by atoms with van der Waals surface area (Å²) in [5, 5.41) is 7.77. The van der Waals surface area contributed by atoms with E-state index in [1.807, 2.05) is 26.0 Å². The highest BCUT2D eigenvalue weighted by molar-refractivity contribution is 7.91. The summed E-state index contributed by atoms with van der Waals surface area (Å²) in [4.78, 5) is 10.5. The minimum atomic E-state index is -3.42. The fraction of sp³-hybridized carbons (Fsp3) is 0.462. The van der Waals surface area contributed by atoms with Crippen molar-refractivity contribution in [1.82, 2.24) is 0 Å². The van der Waals surface area contributed by atoms with Gasteiger partial charge >= 0.3 is 5.97 Å². The number of carboxylic acid groups (broad SMARTS) is 1. The zero-order chi connectivity index (χ0) is 13.9. The Kier molecular flexibility index (Phi) is 4.51. The van der Waals surface area contributed by atoms with Gasteiger partial charge in [0, 0.05) is 0 Å². The first-order valence-electron chi connectivity index (χ1n) is 5.72. The Morgan fingerprint density at radius 2 is 1.89 bits per heavy atom. The average Bonchev–Trinajstić information content (AvgIpc) is 2.22. The Bertz CT molecular complexity index is 546. The van der Waals surface area contributed by atoms with E-state index < -0.39 is 21.1 Å². The minimum absolute atomic E-state index is 0.109.